The van der Waals surface area contributed by atoms with Crippen molar-refractivity contribution in [2.45, 2.75) is 91.3 Å². The highest BCUT2D eigenvalue weighted by molar-refractivity contribution is 7.99. The van der Waals surface area contributed by atoms with E-state index in [4.69, 9.17) is 18.9 Å². The van der Waals surface area contributed by atoms with E-state index < -0.39 is 0 Å². The molecule has 0 radical (unpaired) electrons. The van der Waals surface area contributed by atoms with Gasteiger partial charge in [0.15, 0.2) is 6.29 Å². The molecule has 0 aromatic rings. The van der Waals surface area contributed by atoms with Crippen LogP contribution in [0.2, 0.25) is 0 Å². The fourth-order valence-corrected chi connectivity index (χ4v) is 4.49. The molecule has 1 fully saturated rings. The van der Waals surface area contributed by atoms with Gasteiger partial charge in [-0.3, -0.25) is 9.59 Å². The van der Waals surface area contributed by atoms with Crippen molar-refractivity contribution in [3.8, 4) is 0 Å². The molecule has 182 valence electrons. The Kier molecular flexibility index (Phi) is 17.1. The normalized spacial score (nSPS) is 15.4. The van der Waals surface area contributed by atoms with E-state index in [1.807, 2.05) is 32.5 Å². The Morgan fingerprint density at radius 1 is 0.935 bits per heavy atom. The van der Waals surface area contributed by atoms with Crippen molar-refractivity contribution in [3.05, 3.63) is 0 Å². The van der Waals surface area contributed by atoms with Crippen LogP contribution in [0, 0.1) is 11.8 Å². The molecule has 1 rings (SSSR count). The maximum Gasteiger partial charge on any atom is 0.309 e. The maximum atomic E-state index is 12.2. The van der Waals surface area contributed by atoms with Gasteiger partial charge < -0.3 is 18.9 Å². The number of rotatable bonds is 19. The number of hydrogen-bond donors (Lipinski definition) is 0. The van der Waals surface area contributed by atoms with Gasteiger partial charge in [0.1, 0.15) is 0 Å². The number of thioether (sulfide) groups is 1. The molecule has 0 bridgehead atoms. The van der Waals surface area contributed by atoms with Gasteiger partial charge >= 0.3 is 11.9 Å². The predicted octanol–water partition coefficient (Wildman–Crippen LogP) is 5.37. The Morgan fingerprint density at radius 3 is 2.16 bits per heavy atom. The first-order chi connectivity index (χ1) is 15.0. The van der Waals surface area contributed by atoms with E-state index in [1.54, 1.807) is 0 Å². The first kappa shape index (κ1) is 28.2. The number of ether oxygens (including phenoxy) is 4. The highest BCUT2D eigenvalue weighted by Crippen LogP contribution is 2.21. The summed E-state index contributed by atoms with van der Waals surface area (Å²) in [7, 11) is 0. The first-order valence-electron chi connectivity index (χ1n) is 12.2. The number of carbonyl (C=O) groups excluding carboxylic acids is 2. The quantitative estimate of drug-likeness (QED) is 0.189. The molecule has 1 saturated heterocycles. The average molecular weight is 461 g/mol. The minimum atomic E-state index is -0.263. The molecule has 0 aliphatic carbocycles. The molecule has 0 aromatic heterocycles. The van der Waals surface area contributed by atoms with Gasteiger partial charge in [-0.2, -0.15) is 11.8 Å². The minimum Gasteiger partial charge on any atom is -0.466 e. The Labute approximate surface area is 193 Å². The smallest absolute Gasteiger partial charge is 0.309 e. The lowest BCUT2D eigenvalue weighted by Crippen LogP contribution is -2.25. The summed E-state index contributed by atoms with van der Waals surface area (Å²) in [6.45, 7) is 8.10. The van der Waals surface area contributed by atoms with Gasteiger partial charge in [0.05, 0.1) is 32.3 Å². The molecule has 0 N–H and O–H groups in total. The second-order valence-electron chi connectivity index (χ2n) is 8.59. The van der Waals surface area contributed by atoms with Gasteiger partial charge in [-0.25, -0.2) is 0 Å². The van der Waals surface area contributed by atoms with Crippen LogP contribution < -0.4 is 0 Å². The summed E-state index contributed by atoms with van der Waals surface area (Å²) in [6.07, 6.45) is 10.3. The molecule has 1 aliphatic rings. The molecule has 6 nitrogen and oxygen atoms in total. The van der Waals surface area contributed by atoms with Crippen LogP contribution in [-0.2, 0) is 28.5 Å². The zero-order valence-electron chi connectivity index (χ0n) is 19.9. The van der Waals surface area contributed by atoms with Crippen molar-refractivity contribution >= 4 is 23.7 Å². The van der Waals surface area contributed by atoms with Gasteiger partial charge in [0.25, 0.3) is 0 Å². The monoisotopic (exact) mass is 460 g/mol. The molecule has 1 aliphatic heterocycles. The number of esters is 2. The molecular weight excluding hydrogens is 416 g/mol. The highest BCUT2D eigenvalue weighted by Gasteiger charge is 2.27. The maximum absolute atomic E-state index is 12.2. The third kappa shape index (κ3) is 15.6. The Bertz CT molecular complexity index is 465. The summed E-state index contributed by atoms with van der Waals surface area (Å²) in [4.78, 5) is 23.7. The van der Waals surface area contributed by atoms with Gasteiger partial charge in [0, 0.05) is 18.6 Å². The summed E-state index contributed by atoms with van der Waals surface area (Å²) >= 11 is 1.83. The fraction of sp³-hybridized carbons (Fsp3) is 0.917. The van der Waals surface area contributed by atoms with Crippen molar-refractivity contribution in [2.75, 3.05) is 37.9 Å². The second-order valence-corrected chi connectivity index (χ2v) is 9.74. The van der Waals surface area contributed by atoms with Crippen molar-refractivity contribution in [1.82, 2.24) is 0 Å². The summed E-state index contributed by atoms with van der Waals surface area (Å²) in [5, 5.41) is 0. The van der Waals surface area contributed by atoms with Crippen molar-refractivity contribution < 1.29 is 28.5 Å². The van der Waals surface area contributed by atoms with Crippen molar-refractivity contribution in [2.24, 2.45) is 11.8 Å². The van der Waals surface area contributed by atoms with Crippen molar-refractivity contribution in [3.63, 3.8) is 0 Å². The first-order valence-corrected chi connectivity index (χ1v) is 13.3. The van der Waals surface area contributed by atoms with Gasteiger partial charge in [-0.1, -0.05) is 52.4 Å². The summed E-state index contributed by atoms with van der Waals surface area (Å²) < 4.78 is 21.4. The fourth-order valence-electron chi connectivity index (χ4n) is 3.36. The standard InChI is InChI=1S/C24H44O6S/c1-4-27-24(26)21(17-23-28-14-15-29-23)19-31-16-12-10-8-6-5-7-9-11-13-22(25)30-18-20(2)3/h20-21,23H,4-19H2,1-3H3. The van der Waals surface area contributed by atoms with Crippen LogP contribution in [0.5, 0.6) is 0 Å². The third-order valence-electron chi connectivity index (χ3n) is 5.10. The zero-order chi connectivity index (χ0) is 22.7. The van der Waals surface area contributed by atoms with Crippen LogP contribution in [0.15, 0.2) is 0 Å². The molecule has 1 unspecified atom stereocenters. The second kappa shape index (κ2) is 18.8. The van der Waals surface area contributed by atoms with E-state index >= 15 is 0 Å². The van der Waals surface area contributed by atoms with Crippen molar-refractivity contribution in [1.29, 1.82) is 0 Å². The average Bonchev–Trinajstić information content (AvgIpc) is 3.25. The van der Waals surface area contributed by atoms with E-state index in [0.29, 0.717) is 45.2 Å². The minimum absolute atomic E-state index is 0.0558. The van der Waals surface area contributed by atoms with Gasteiger partial charge in [-0.05, 0) is 31.4 Å². The Hall–Kier alpha value is -0.790. The molecule has 1 atom stereocenters. The molecule has 1 heterocycles. The van der Waals surface area contributed by atoms with Crippen LogP contribution >= 0.6 is 11.8 Å². The summed E-state index contributed by atoms with van der Waals surface area (Å²) in [6, 6.07) is 0. The molecule has 0 aromatic carbocycles. The topological polar surface area (TPSA) is 71.1 Å². The van der Waals surface area contributed by atoms with Crippen LogP contribution in [0.25, 0.3) is 0 Å². The van der Waals surface area contributed by atoms with Gasteiger partial charge in [0.2, 0.25) is 0 Å². The lowest BCUT2D eigenvalue weighted by molar-refractivity contribution is -0.150. The third-order valence-corrected chi connectivity index (χ3v) is 6.32. The molecule has 7 heteroatoms. The summed E-state index contributed by atoms with van der Waals surface area (Å²) in [5.41, 5.74) is 0. The van der Waals surface area contributed by atoms with E-state index in [0.717, 1.165) is 24.3 Å². The summed E-state index contributed by atoms with van der Waals surface area (Å²) in [5.74, 6) is 1.89. The number of hydrogen-bond acceptors (Lipinski definition) is 7. The van der Waals surface area contributed by atoms with E-state index in [9.17, 15) is 9.59 Å². The van der Waals surface area contributed by atoms with Crippen LogP contribution in [0.3, 0.4) is 0 Å². The van der Waals surface area contributed by atoms with E-state index in [-0.39, 0.29) is 24.1 Å². The van der Waals surface area contributed by atoms with Crippen LogP contribution in [0.4, 0.5) is 0 Å². The molecular formula is C24H44O6S. The number of unbranched alkanes of at least 4 members (excludes halogenated alkanes) is 7. The molecule has 31 heavy (non-hydrogen) atoms. The number of carbonyl (C=O) groups is 2. The highest BCUT2D eigenvalue weighted by atomic mass is 32.2. The predicted molar refractivity (Wildman–Crippen MR) is 125 cm³/mol. The Morgan fingerprint density at radius 2 is 1.55 bits per heavy atom. The van der Waals surface area contributed by atoms with Gasteiger partial charge in [-0.15, -0.1) is 0 Å². The molecule has 0 amide bonds. The molecule has 0 spiro atoms. The van der Waals surface area contributed by atoms with Crippen LogP contribution in [0.1, 0.15) is 85.0 Å². The lowest BCUT2D eigenvalue weighted by atomic mass is 10.1. The molecule has 0 saturated carbocycles. The largest absolute Gasteiger partial charge is 0.466 e. The zero-order valence-corrected chi connectivity index (χ0v) is 20.7. The lowest BCUT2D eigenvalue weighted by Gasteiger charge is -2.18. The Balaban J connectivity index is 1.95. The SMILES string of the molecule is CCOC(=O)C(CSCCCCCCCCCCC(=O)OCC(C)C)CC1OCCO1. The van der Waals surface area contributed by atoms with Crippen LogP contribution in [-0.4, -0.2) is 56.2 Å². The van der Waals surface area contributed by atoms with E-state index in [2.05, 4.69) is 0 Å². The van der Waals surface area contributed by atoms with E-state index in [1.165, 1.54) is 38.5 Å².